The maximum Gasteiger partial charge on any atom is 0.274 e. The maximum atomic E-state index is 10.7. The summed E-state index contributed by atoms with van der Waals surface area (Å²) >= 11 is 5.78. The Morgan fingerprint density at radius 1 is 1.73 bits per heavy atom. The van der Waals surface area contributed by atoms with Gasteiger partial charge < -0.3 is 5.11 Å². The number of hydrogen-bond donors (Lipinski definition) is 1. The average molecular weight is 228 g/mol. The molecular formula is C10H10ClNO3. The SMILES string of the molecule is C=CCc1cc([N+](=O)[O-])c(C)c(Cl)c1O. The van der Waals surface area contributed by atoms with Crippen LogP contribution < -0.4 is 0 Å². The molecule has 0 aliphatic heterocycles. The number of phenols is 1. The number of allylic oxidation sites excluding steroid dienone is 1. The van der Waals surface area contributed by atoms with Gasteiger partial charge >= 0.3 is 0 Å². The van der Waals surface area contributed by atoms with E-state index in [9.17, 15) is 15.2 Å². The smallest absolute Gasteiger partial charge is 0.274 e. The molecule has 0 aliphatic carbocycles. The number of hydrogen-bond acceptors (Lipinski definition) is 3. The standard InChI is InChI=1S/C10H10ClNO3/c1-3-4-7-5-8(12(14)15)6(2)9(11)10(7)13/h3,5,13H,1,4H2,2H3. The van der Waals surface area contributed by atoms with Crippen molar-refractivity contribution >= 4 is 17.3 Å². The molecule has 15 heavy (non-hydrogen) atoms. The van der Waals surface area contributed by atoms with Crippen molar-refractivity contribution in [3.05, 3.63) is 45.0 Å². The van der Waals surface area contributed by atoms with Crippen LogP contribution in [-0.2, 0) is 6.42 Å². The third kappa shape index (κ3) is 2.10. The monoisotopic (exact) mass is 227 g/mol. The van der Waals surface area contributed by atoms with Gasteiger partial charge in [-0.2, -0.15) is 0 Å². The highest BCUT2D eigenvalue weighted by molar-refractivity contribution is 6.33. The molecule has 0 bridgehead atoms. The van der Waals surface area contributed by atoms with Crippen LogP contribution in [0, 0.1) is 17.0 Å². The Kier molecular flexibility index (Phi) is 3.31. The van der Waals surface area contributed by atoms with Gasteiger partial charge in [0.15, 0.2) is 0 Å². The lowest BCUT2D eigenvalue weighted by atomic mass is 10.1. The van der Waals surface area contributed by atoms with Crippen molar-refractivity contribution in [2.45, 2.75) is 13.3 Å². The van der Waals surface area contributed by atoms with Crippen LogP contribution >= 0.6 is 11.6 Å². The summed E-state index contributed by atoms with van der Waals surface area (Å²) in [6, 6.07) is 1.32. The Morgan fingerprint density at radius 2 is 2.33 bits per heavy atom. The van der Waals surface area contributed by atoms with Crippen LogP contribution in [0.25, 0.3) is 0 Å². The molecule has 4 nitrogen and oxygen atoms in total. The molecule has 1 aromatic carbocycles. The van der Waals surface area contributed by atoms with Crippen molar-refractivity contribution in [2.24, 2.45) is 0 Å². The number of nitrogens with zero attached hydrogens (tertiary/aromatic N) is 1. The first kappa shape index (κ1) is 11.5. The molecular weight excluding hydrogens is 218 g/mol. The van der Waals surface area contributed by atoms with Crippen molar-refractivity contribution in [3.8, 4) is 5.75 Å². The number of nitro benzene ring substituents is 1. The molecule has 1 aromatic rings. The molecule has 0 atom stereocenters. The molecule has 1 rings (SSSR count). The van der Waals surface area contributed by atoms with Crippen molar-refractivity contribution < 1.29 is 10.0 Å². The number of nitro groups is 1. The fourth-order valence-electron chi connectivity index (χ4n) is 1.27. The van der Waals surface area contributed by atoms with Gasteiger partial charge in [-0.15, -0.1) is 6.58 Å². The number of benzene rings is 1. The van der Waals surface area contributed by atoms with Gasteiger partial charge in [0.1, 0.15) is 5.75 Å². The van der Waals surface area contributed by atoms with E-state index in [0.717, 1.165) is 0 Å². The Morgan fingerprint density at radius 3 is 2.80 bits per heavy atom. The molecule has 0 saturated carbocycles. The van der Waals surface area contributed by atoms with Gasteiger partial charge in [0.05, 0.1) is 9.95 Å². The average Bonchev–Trinajstić information content (AvgIpc) is 2.18. The number of phenolic OH excluding ortho intramolecular Hbond substituents is 1. The lowest BCUT2D eigenvalue weighted by Gasteiger charge is -2.07. The van der Waals surface area contributed by atoms with Crippen molar-refractivity contribution in [1.82, 2.24) is 0 Å². The van der Waals surface area contributed by atoms with E-state index in [1.165, 1.54) is 13.0 Å². The summed E-state index contributed by atoms with van der Waals surface area (Å²) in [5.74, 6) is -0.111. The lowest BCUT2D eigenvalue weighted by Crippen LogP contribution is -1.95. The highest BCUT2D eigenvalue weighted by Gasteiger charge is 2.19. The predicted molar refractivity (Wildman–Crippen MR) is 58.4 cm³/mol. The van der Waals surface area contributed by atoms with E-state index in [-0.39, 0.29) is 22.0 Å². The van der Waals surface area contributed by atoms with Crippen molar-refractivity contribution in [1.29, 1.82) is 0 Å². The van der Waals surface area contributed by atoms with Crippen LogP contribution in [0.2, 0.25) is 5.02 Å². The molecule has 0 spiro atoms. The minimum absolute atomic E-state index is 0.0288. The van der Waals surface area contributed by atoms with E-state index in [4.69, 9.17) is 11.6 Å². The molecule has 0 fully saturated rings. The van der Waals surface area contributed by atoms with Crippen molar-refractivity contribution in [2.75, 3.05) is 0 Å². The second kappa shape index (κ2) is 4.31. The minimum Gasteiger partial charge on any atom is -0.506 e. The number of aromatic hydroxyl groups is 1. The third-order valence-corrected chi connectivity index (χ3v) is 2.56. The van der Waals surface area contributed by atoms with E-state index in [0.29, 0.717) is 12.0 Å². The van der Waals surface area contributed by atoms with Gasteiger partial charge in [0.2, 0.25) is 0 Å². The number of halogens is 1. The van der Waals surface area contributed by atoms with E-state index < -0.39 is 4.92 Å². The molecule has 0 unspecified atom stereocenters. The second-order valence-corrected chi connectivity index (χ2v) is 3.47. The first-order valence-corrected chi connectivity index (χ1v) is 4.63. The zero-order valence-electron chi connectivity index (χ0n) is 8.16. The molecule has 80 valence electrons. The third-order valence-electron chi connectivity index (χ3n) is 2.10. The molecule has 0 saturated heterocycles. The first-order chi connectivity index (χ1) is 6.99. The Labute approximate surface area is 92.0 Å². The van der Waals surface area contributed by atoms with Crippen LogP contribution in [0.4, 0.5) is 5.69 Å². The highest BCUT2D eigenvalue weighted by Crippen LogP contribution is 2.36. The van der Waals surface area contributed by atoms with Crippen molar-refractivity contribution in [3.63, 3.8) is 0 Å². The molecule has 0 aliphatic rings. The summed E-state index contributed by atoms with van der Waals surface area (Å²) in [5, 5.41) is 20.3. The van der Waals surface area contributed by atoms with Crippen LogP contribution in [0.15, 0.2) is 18.7 Å². The summed E-state index contributed by atoms with van der Waals surface area (Å²) in [4.78, 5) is 10.2. The Bertz CT molecular complexity index is 429. The summed E-state index contributed by atoms with van der Waals surface area (Å²) in [5.41, 5.74) is 0.592. The molecule has 1 N–H and O–H groups in total. The van der Waals surface area contributed by atoms with Crippen LogP contribution in [-0.4, -0.2) is 10.0 Å². The summed E-state index contributed by atoms with van der Waals surface area (Å²) < 4.78 is 0. The van der Waals surface area contributed by atoms with E-state index in [1.807, 2.05) is 0 Å². The largest absolute Gasteiger partial charge is 0.506 e. The van der Waals surface area contributed by atoms with Gasteiger partial charge in [0.25, 0.3) is 5.69 Å². The first-order valence-electron chi connectivity index (χ1n) is 4.25. The lowest BCUT2D eigenvalue weighted by molar-refractivity contribution is -0.385. The summed E-state index contributed by atoms with van der Waals surface area (Å²) in [6.45, 7) is 5.00. The van der Waals surface area contributed by atoms with Crippen LogP contribution in [0.3, 0.4) is 0 Å². The zero-order chi connectivity index (χ0) is 11.6. The fourth-order valence-corrected chi connectivity index (χ4v) is 1.49. The fraction of sp³-hybridized carbons (Fsp3) is 0.200. The predicted octanol–water partition coefficient (Wildman–Crippen LogP) is 2.99. The van der Waals surface area contributed by atoms with Gasteiger partial charge in [-0.25, -0.2) is 0 Å². The Balaban J connectivity index is 3.44. The van der Waals surface area contributed by atoms with Gasteiger partial charge in [-0.1, -0.05) is 17.7 Å². The minimum atomic E-state index is -0.521. The Hall–Kier alpha value is -1.55. The van der Waals surface area contributed by atoms with E-state index in [1.54, 1.807) is 6.08 Å². The van der Waals surface area contributed by atoms with Crippen LogP contribution in [0.1, 0.15) is 11.1 Å². The quantitative estimate of drug-likeness (QED) is 0.491. The zero-order valence-corrected chi connectivity index (χ0v) is 8.91. The molecule has 0 amide bonds. The summed E-state index contributed by atoms with van der Waals surface area (Å²) in [6.07, 6.45) is 1.89. The second-order valence-electron chi connectivity index (χ2n) is 3.09. The maximum absolute atomic E-state index is 10.7. The summed E-state index contributed by atoms with van der Waals surface area (Å²) in [7, 11) is 0. The van der Waals surface area contributed by atoms with Crippen LogP contribution in [0.5, 0.6) is 5.75 Å². The highest BCUT2D eigenvalue weighted by atomic mass is 35.5. The molecule has 0 radical (unpaired) electrons. The van der Waals surface area contributed by atoms with Gasteiger partial charge in [-0.3, -0.25) is 10.1 Å². The van der Waals surface area contributed by atoms with Gasteiger partial charge in [0, 0.05) is 17.2 Å². The van der Waals surface area contributed by atoms with E-state index >= 15 is 0 Å². The molecule has 5 heteroatoms. The normalized spacial score (nSPS) is 10.0. The van der Waals surface area contributed by atoms with Gasteiger partial charge in [-0.05, 0) is 13.3 Å². The topological polar surface area (TPSA) is 63.4 Å². The molecule has 0 heterocycles. The van der Waals surface area contributed by atoms with E-state index in [2.05, 4.69) is 6.58 Å². The number of rotatable bonds is 3. The molecule has 0 aromatic heterocycles.